The van der Waals surface area contributed by atoms with Crippen LogP contribution in [0.4, 0.5) is 5.69 Å². The number of carbonyl (C=O) groups excluding carboxylic acids is 2. The highest BCUT2D eigenvalue weighted by atomic mass is 32.2. The average molecular weight is 401 g/mol. The van der Waals surface area contributed by atoms with Gasteiger partial charge in [0.15, 0.2) is 12.4 Å². The summed E-state index contributed by atoms with van der Waals surface area (Å²) < 4.78 is 35.2. The van der Waals surface area contributed by atoms with Gasteiger partial charge in [-0.2, -0.15) is 0 Å². The largest absolute Gasteiger partial charge is 0.464 e. The van der Waals surface area contributed by atoms with Crippen molar-refractivity contribution in [1.29, 1.82) is 0 Å². The van der Waals surface area contributed by atoms with Gasteiger partial charge in [-0.15, -0.1) is 0 Å². The lowest BCUT2D eigenvalue weighted by Gasteiger charge is -2.06. The minimum Gasteiger partial charge on any atom is -0.464 e. The second-order valence-corrected chi connectivity index (χ2v) is 8.22. The number of sulfonamides is 1. The zero-order valence-corrected chi connectivity index (χ0v) is 16.2. The lowest BCUT2D eigenvalue weighted by atomic mass is 10.1. The molecule has 8 heteroatoms. The van der Waals surface area contributed by atoms with Crippen LogP contribution in [0.25, 0.3) is 11.0 Å². The molecule has 3 aromatic rings. The summed E-state index contributed by atoms with van der Waals surface area (Å²) in [7, 11) is -3.39. The molecule has 2 aromatic carbocycles. The highest BCUT2D eigenvalue weighted by Crippen LogP contribution is 2.23. The van der Waals surface area contributed by atoms with Crippen LogP contribution >= 0.6 is 0 Å². The van der Waals surface area contributed by atoms with Gasteiger partial charge in [-0.05, 0) is 42.8 Å². The third-order valence-corrected chi connectivity index (χ3v) is 4.63. The lowest BCUT2D eigenvalue weighted by Crippen LogP contribution is -2.15. The van der Waals surface area contributed by atoms with Crippen molar-refractivity contribution in [3.63, 3.8) is 0 Å². The number of ketones is 1. The van der Waals surface area contributed by atoms with Crippen LogP contribution in [0.5, 0.6) is 0 Å². The van der Waals surface area contributed by atoms with Gasteiger partial charge < -0.3 is 9.15 Å². The molecule has 0 radical (unpaired) electrons. The van der Waals surface area contributed by atoms with Crippen molar-refractivity contribution in [3.8, 4) is 0 Å². The molecule has 0 aliphatic rings. The third-order valence-electron chi connectivity index (χ3n) is 4.02. The quantitative estimate of drug-likeness (QED) is 0.482. The minimum atomic E-state index is -3.39. The maximum Gasteiger partial charge on any atom is 0.310 e. The van der Waals surface area contributed by atoms with Crippen LogP contribution < -0.4 is 4.72 Å². The molecule has 1 N–H and O–H groups in total. The predicted octanol–water partition coefficient (Wildman–Crippen LogP) is 3.08. The van der Waals surface area contributed by atoms with E-state index < -0.39 is 22.6 Å². The van der Waals surface area contributed by atoms with Gasteiger partial charge in [-0.3, -0.25) is 14.3 Å². The smallest absolute Gasteiger partial charge is 0.310 e. The van der Waals surface area contributed by atoms with Crippen LogP contribution in [0.2, 0.25) is 0 Å². The van der Waals surface area contributed by atoms with Crippen molar-refractivity contribution >= 4 is 38.4 Å². The maximum absolute atomic E-state index is 12.2. The molecule has 0 saturated carbocycles. The fourth-order valence-corrected chi connectivity index (χ4v) is 3.27. The van der Waals surface area contributed by atoms with Gasteiger partial charge in [-0.25, -0.2) is 8.42 Å². The Labute approximate surface area is 162 Å². The summed E-state index contributed by atoms with van der Waals surface area (Å²) >= 11 is 0. The number of carbonyl (C=O) groups is 2. The van der Waals surface area contributed by atoms with Gasteiger partial charge in [0.2, 0.25) is 10.0 Å². The second-order valence-electron chi connectivity index (χ2n) is 6.47. The van der Waals surface area contributed by atoms with Crippen molar-refractivity contribution < 1.29 is 27.2 Å². The summed E-state index contributed by atoms with van der Waals surface area (Å²) in [6.45, 7) is 1.55. The van der Waals surface area contributed by atoms with Crippen LogP contribution in [0.3, 0.4) is 0 Å². The Morgan fingerprint density at radius 2 is 1.82 bits per heavy atom. The number of hydrogen-bond donors (Lipinski definition) is 1. The number of rotatable bonds is 7. The van der Waals surface area contributed by atoms with Gasteiger partial charge in [-0.1, -0.05) is 12.1 Å². The van der Waals surface area contributed by atoms with E-state index in [1.807, 2.05) is 25.1 Å². The first-order valence-electron chi connectivity index (χ1n) is 8.45. The Morgan fingerprint density at radius 3 is 2.50 bits per heavy atom. The molecule has 0 aliphatic heterocycles. The number of aryl methyl sites for hydroxylation is 1. The molecule has 1 heterocycles. The Hall–Kier alpha value is -3.13. The molecule has 146 valence electrons. The van der Waals surface area contributed by atoms with Gasteiger partial charge in [0, 0.05) is 22.2 Å². The maximum atomic E-state index is 12.2. The number of nitrogens with one attached hydrogen (secondary N) is 1. The van der Waals surface area contributed by atoms with Crippen LogP contribution in [-0.2, 0) is 26.0 Å². The van der Waals surface area contributed by atoms with E-state index in [9.17, 15) is 18.0 Å². The fraction of sp³-hybridized carbons (Fsp3) is 0.200. The molecule has 7 nitrogen and oxygen atoms in total. The van der Waals surface area contributed by atoms with Gasteiger partial charge in [0.25, 0.3) is 0 Å². The van der Waals surface area contributed by atoms with Crippen LogP contribution in [0.1, 0.15) is 21.5 Å². The molecule has 3 rings (SSSR count). The molecule has 0 unspecified atom stereocenters. The van der Waals surface area contributed by atoms with Crippen LogP contribution in [-0.4, -0.2) is 33.0 Å². The van der Waals surface area contributed by atoms with Crippen LogP contribution in [0, 0.1) is 6.92 Å². The standard InChI is InChI=1S/C20H19NO6S/c1-13-3-8-17-15(11-26-19(17)9-13)10-20(23)27-12-18(22)14-4-6-16(7-5-14)21-28(2,24)25/h3-9,11,21H,10,12H2,1-2H3. The second kappa shape index (κ2) is 7.85. The van der Waals surface area contributed by atoms with E-state index >= 15 is 0 Å². The Bertz CT molecular complexity index is 1130. The fourth-order valence-electron chi connectivity index (χ4n) is 2.70. The molecule has 0 spiro atoms. The lowest BCUT2D eigenvalue weighted by molar-refractivity contribution is -0.141. The van der Waals surface area contributed by atoms with E-state index in [4.69, 9.17) is 9.15 Å². The Kier molecular flexibility index (Phi) is 5.51. The molecular weight excluding hydrogens is 382 g/mol. The summed E-state index contributed by atoms with van der Waals surface area (Å²) in [5, 5.41) is 0.836. The van der Waals surface area contributed by atoms with E-state index in [-0.39, 0.29) is 12.2 Å². The van der Waals surface area contributed by atoms with Gasteiger partial charge in [0.05, 0.1) is 18.9 Å². The van der Waals surface area contributed by atoms with Crippen molar-refractivity contribution in [2.75, 3.05) is 17.6 Å². The number of fused-ring (bicyclic) bond motifs is 1. The first-order valence-corrected chi connectivity index (χ1v) is 10.3. The summed E-state index contributed by atoms with van der Waals surface area (Å²) in [6.07, 6.45) is 2.55. The Morgan fingerprint density at radius 1 is 1.11 bits per heavy atom. The highest BCUT2D eigenvalue weighted by molar-refractivity contribution is 7.92. The van der Waals surface area contributed by atoms with E-state index in [0.717, 1.165) is 17.2 Å². The highest BCUT2D eigenvalue weighted by Gasteiger charge is 2.14. The molecule has 28 heavy (non-hydrogen) atoms. The van der Waals surface area contributed by atoms with Crippen LogP contribution in [0.15, 0.2) is 53.1 Å². The number of furan rings is 1. The van der Waals surface area contributed by atoms with Crippen molar-refractivity contribution in [2.45, 2.75) is 13.3 Å². The number of benzene rings is 2. The molecule has 1 aromatic heterocycles. The first-order chi connectivity index (χ1) is 13.2. The van der Waals surface area contributed by atoms with Gasteiger partial charge in [0.1, 0.15) is 5.58 Å². The van der Waals surface area contributed by atoms with Crippen molar-refractivity contribution in [3.05, 3.63) is 65.4 Å². The van der Waals surface area contributed by atoms with E-state index in [0.29, 0.717) is 22.4 Å². The topological polar surface area (TPSA) is 103 Å². The zero-order valence-electron chi connectivity index (χ0n) is 15.4. The molecular formula is C20H19NO6S. The third kappa shape index (κ3) is 4.98. The summed E-state index contributed by atoms with van der Waals surface area (Å²) in [4.78, 5) is 24.2. The average Bonchev–Trinajstić information content (AvgIpc) is 3.00. The molecule has 0 fully saturated rings. The Balaban J connectivity index is 1.57. The summed E-state index contributed by atoms with van der Waals surface area (Å²) in [5.41, 5.74) is 3.11. The van der Waals surface area contributed by atoms with Crippen molar-refractivity contribution in [2.24, 2.45) is 0 Å². The van der Waals surface area contributed by atoms with E-state index in [1.54, 1.807) is 0 Å². The number of hydrogen-bond acceptors (Lipinski definition) is 6. The van der Waals surface area contributed by atoms with E-state index in [1.165, 1.54) is 30.5 Å². The SMILES string of the molecule is Cc1ccc2c(CC(=O)OCC(=O)c3ccc(NS(C)(=O)=O)cc3)coc2c1. The van der Waals surface area contributed by atoms with Gasteiger partial charge >= 0.3 is 5.97 Å². The normalized spacial score (nSPS) is 11.4. The number of anilines is 1. The van der Waals surface area contributed by atoms with E-state index in [2.05, 4.69) is 4.72 Å². The zero-order chi connectivity index (χ0) is 20.3. The number of Topliss-reactive ketones (excluding diaryl/α,β-unsaturated/α-hetero) is 1. The first kappa shape index (κ1) is 19.6. The molecule has 0 bridgehead atoms. The number of esters is 1. The minimum absolute atomic E-state index is 0.000554. The predicted molar refractivity (Wildman–Crippen MR) is 105 cm³/mol. The van der Waals surface area contributed by atoms with Crippen molar-refractivity contribution in [1.82, 2.24) is 0 Å². The number of ether oxygens (including phenoxy) is 1. The molecule has 0 aliphatic carbocycles. The molecule has 0 atom stereocenters. The molecule has 0 saturated heterocycles. The summed E-state index contributed by atoms with van der Waals surface area (Å²) in [6, 6.07) is 11.6. The molecule has 0 amide bonds. The summed E-state index contributed by atoms with van der Waals surface area (Å²) in [5.74, 6) is -0.918. The monoisotopic (exact) mass is 401 g/mol.